The number of thiophene rings is 2. The van der Waals surface area contributed by atoms with E-state index in [4.69, 9.17) is 33.4 Å². The molecule has 0 amide bonds. The van der Waals surface area contributed by atoms with E-state index in [0.29, 0.717) is 52.9 Å². The molecule has 3 aromatic heterocycles. The molecule has 0 bridgehead atoms. The second-order valence-electron chi connectivity index (χ2n) is 16.4. The van der Waals surface area contributed by atoms with Crippen LogP contribution in [0.3, 0.4) is 0 Å². The van der Waals surface area contributed by atoms with E-state index >= 15 is 0 Å². The third-order valence-electron chi connectivity index (χ3n) is 11.3. The highest BCUT2D eigenvalue weighted by molar-refractivity contribution is 7.23. The van der Waals surface area contributed by atoms with Crippen LogP contribution in [0.5, 0.6) is 11.5 Å². The van der Waals surface area contributed by atoms with Crippen molar-refractivity contribution in [1.82, 2.24) is 4.98 Å². The van der Waals surface area contributed by atoms with Crippen molar-refractivity contribution in [3.8, 4) is 31.7 Å². The minimum atomic E-state index is 0.486. The number of aryl methyl sites for hydroxylation is 2. The lowest BCUT2D eigenvalue weighted by Gasteiger charge is -2.13. The molecule has 0 aliphatic carbocycles. The SMILES string of the molecule is CCCCCCc1ccc(-c2ccc(-c3ccc(/C(=C4N=C(/C=C/c5ccc(OCCOCCOC)cc5)C=C\4C)c4[nH]c(/C=C/c5ccc(OCCOCCOC)cc5)cc4C)cc3)s2)s1. The van der Waals surface area contributed by atoms with Gasteiger partial charge in [0.1, 0.15) is 24.7 Å². The Morgan fingerprint density at radius 1 is 0.597 bits per heavy atom. The van der Waals surface area contributed by atoms with Crippen molar-refractivity contribution in [2.75, 3.05) is 67.1 Å². The molecule has 0 unspecified atom stereocenters. The van der Waals surface area contributed by atoms with Gasteiger partial charge in [-0.3, -0.25) is 0 Å². The molecule has 67 heavy (non-hydrogen) atoms. The molecule has 0 atom stereocenters. The second kappa shape index (κ2) is 26.1. The van der Waals surface area contributed by atoms with Crippen LogP contribution >= 0.6 is 22.7 Å². The Morgan fingerprint density at radius 3 is 1.84 bits per heavy atom. The number of nitrogens with zero attached hydrogens (tertiary/aromatic N) is 1. The number of H-pyrrole nitrogens is 1. The number of unbranched alkanes of at least 4 members (excludes halogenated alkanes) is 3. The van der Waals surface area contributed by atoms with Gasteiger partial charge in [-0.25, -0.2) is 4.99 Å². The maximum absolute atomic E-state index is 5.86. The van der Waals surface area contributed by atoms with Crippen LogP contribution in [-0.2, 0) is 25.4 Å². The number of rotatable bonds is 27. The first-order valence-corrected chi connectivity index (χ1v) is 25.0. The molecule has 0 saturated carbocycles. The minimum absolute atomic E-state index is 0.486. The first-order valence-electron chi connectivity index (χ1n) is 23.4. The van der Waals surface area contributed by atoms with Crippen molar-refractivity contribution in [1.29, 1.82) is 0 Å². The van der Waals surface area contributed by atoms with Crippen molar-refractivity contribution in [3.63, 3.8) is 0 Å². The number of methoxy groups -OCH3 is 2. The van der Waals surface area contributed by atoms with Crippen LogP contribution in [0.25, 0.3) is 44.0 Å². The summed E-state index contributed by atoms with van der Waals surface area (Å²) in [5.74, 6) is 1.62. The maximum Gasteiger partial charge on any atom is 0.119 e. The summed E-state index contributed by atoms with van der Waals surface area (Å²) in [4.78, 5) is 14.5. The summed E-state index contributed by atoms with van der Waals surface area (Å²) in [6, 6.07) is 36.5. The van der Waals surface area contributed by atoms with Crippen LogP contribution in [0.1, 0.15) is 78.0 Å². The molecule has 350 valence electrons. The number of benzene rings is 3. The molecular formula is C57H64N2O6S2. The quantitative estimate of drug-likeness (QED) is 0.0518. The van der Waals surface area contributed by atoms with Crippen molar-refractivity contribution >= 4 is 52.2 Å². The van der Waals surface area contributed by atoms with E-state index in [1.807, 2.05) is 46.9 Å². The normalized spacial score (nSPS) is 13.5. The highest BCUT2D eigenvalue weighted by Gasteiger charge is 2.21. The molecule has 1 aliphatic rings. The smallest absolute Gasteiger partial charge is 0.119 e. The van der Waals surface area contributed by atoms with Gasteiger partial charge in [0.15, 0.2) is 0 Å². The maximum atomic E-state index is 5.86. The molecule has 1 aliphatic heterocycles. The number of ether oxygens (including phenoxy) is 6. The molecule has 1 N–H and O–H groups in total. The largest absolute Gasteiger partial charge is 0.491 e. The number of hydrogen-bond acceptors (Lipinski definition) is 9. The Kier molecular flexibility index (Phi) is 19.2. The summed E-state index contributed by atoms with van der Waals surface area (Å²) in [5.41, 5.74) is 11.7. The van der Waals surface area contributed by atoms with Crippen molar-refractivity contribution in [2.24, 2.45) is 4.99 Å². The number of hydrogen-bond donors (Lipinski definition) is 1. The van der Waals surface area contributed by atoms with Gasteiger partial charge in [0, 0.05) is 45.0 Å². The van der Waals surface area contributed by atoms with Gasteiger partial charge in [-0.15, -0.1) is 22.7 Å². The molecule has 0 fully saturated rings. The van der Waals surface area contributed by atoms with Crippen LogP contribution in [0, 0.1) is 6.92 Å². The summed E-state index contributed by atoms with van der Waals surface area (Å²) in [7, 11) is 3.33. The van der Waals surface area contributed by atoms with Gasteiger partial charge < -0.3 is 33.4 Å². The van der Waals surface area contributed by atoms with Crippen LogP contribution in [0.4, 0.5) is 0 Å². The van der Waals surface area contributed by atoms with E-state index in [9.17, 15) is 0 Å². The van der Waals surface area contributed by atoms with Crippen LogP contribution in [0.15, 0.2) is 132 Å². The van der Waals surface area contributed by atoms with Gasteiger partial charge in [-0.2, -0.15) is 0 Å². The van der Waals surface area contributed by atoms with Gasteiger partial charge in [-0.1, -0.05) is 86.9 Å². The number of aliphatic imine (C=N–C) groups is 1. The van der Waals surface area contributed by atoms with E-state index in [1.165, 1.54) is 57.2 Å². The molecule has 10 heteroatoms. The Balaban J connectivity index is 1.11. The molecule has 8 nitrogen and oxygen atoms in total. The van der Waals surface area contributed by atoms with E-state index in [-0.39, 0.29) is 0 Å². The van der Waals surface area contributed by atoms with Crippen molar-refractivity contribution in [3.05, 3.63) is 165 Å². The van der Waals surface area contributed by atoms with E-state index < -0.39 is 0 Å². The lowest BCUT2D eigenvalue weighted by molar-refractivity contribution is 0.0544. The van der Waals surface area contributed by atoms with Crippen molar-refractivity contribution < 1.29 is 28.4 Å². The summed E-state index contributed by atoms with van der Waals surface area (Å²) >= 11 is 3.80. The third-order valence-corrected chi connectivity index (χ3v) is 13.7. The third kappa shape index (κ3) is 14.7. The topological polar surface area (TPSA) is 83.5 Å². The Hall–Kier alpha value is -5.59. The van der Waals surface area contributed by atoms with E-state index in [1.54, 1.807) is 14.2 Å². The first-order chi connectivity index (χ1) is 32.9. The standard InChI is InChI=1S/C57H64N2O6S2/c1-6-7-8-9-10-51-27-28-53(66-51)54-30-29-52(67-54)45-17-19-46(20-18-45)55(56-41(2)39-47(58-56)21-11-43-13-23-49(24-14-43)64-37-35-62-33-31-60-4)57-42(3)40-48(59-57)22-12-44-15-25-50(26-16-44)65-38-36-63-34-32-61-5/h11-30,39-40,58H,6-10,31-38H2,1-5H3/b21-11+,22-12+,57-55+. The zero-order chi connectivity index (χ0) is 46.6. The van der Waals surface area contributed by atoms with Crippen molar-refractivity contribution in [2.45, 2.75) is 52.9 Å². The Morgan fingerprint density at radius 2 is 1.19 bits per heavy atom. The lowest BCUT2D eigenvalue weighted by atomic mass is 9.95. The molecule has 7 rings (SSSR count). The molecular weight excluding hydrogens is 873 g/mol. The molecule has 3 aromatic carbocycles. The fraction of sp³-hybridized carbons (Fsp3) is 0.316. The minimum Gasteiger partial charge on any atom is -0.491 e. The fourth-order valence-corrected chi connectivity index (χ4v) is 9.80. The first kappa shape index (κ1) is 49.3. The van der Waals surface area contributed by atoms with Gasteiger partial charge >= 0.3 is 0 Å². The van der Waals surface area contributed by atoms with Crippen LogP contribution in [0.2, 0.25) is 0 Å². The summed E-state index contributed by atoms with van der Waals surface area (Å²) in [5, 5.41) is 0. The highest BCUT2D eigenvalue weighted by Crippen LogP contribution is 2.40. The highest BCUT2D eigenvalue weighted by atomic mass is 32.1. The van der Waals surface area contributed by atoms with Gasteiger partial charge in [0.05, 0.1) is 56.7 Å². The number of aromatic amines is 1. The molecule has 4 heterocycles. The van der Waals surface area contributed by atoms with Gasteiger partial charge in [-0.05, 0) is 133 Å². The Bertz CT molecular complexity index is 2610. The molecule has 0 radical (unpaired) electrons. The zero-order valence-electron chi connectivity index (χ0n) is 39.6. The van der Waals surface area contributed by atoms with E-state index in [0.717, 1.165) is 67.7 Å². The predicted octanol–water partition coefficient (Wildman–Crippen LogP) is 14.0. The summed E-state index contributed by atoms with van der Waals surface area (Å²) in [6.07, 6.45) is 16.9. The number of aromatic nitrogens is 1. The van der Waals surface area contributed by atoms with Gasteiger partial charge in [0.25, 0.3) is 0 Å². The second-order valence-corrected chi connectivity index (χ2v) is 18.7. The summed E-state index contributed by atoms with van der Waals surface area (Å²) < 4.78 is 32.8. The lowest BCUT2D eigenvalue weighted by Crippen LogP contribution is -2.09. The van der Waals surface area contributed by atoms with E-state index in [2.05, 4.69) is 135 Å². The summed E-state index contributed by atoms with van der Waals surface area (Å²) in [6.45, 7) is 10.9. The van der Waals surface area contributed by atoms with Gasteiger partial charge in [0.2, 0.25) is 0 Å². The average Bonchev–Trinajstić information content (AvgIpc) is 4.18. The number of allylic oxidation sites excluding steroid dienone is 3. The predicted molar refractivity (Wildman–Crippen MR) is 281 cm³/mol. The number of nitrogens with one attached hydrogen (secondary N) is 1. The monoisotopic (exact) mass is 936 g/mol. The molecule has 6 aromatic rings. The van der Waals surface area contributed by atoms with Crippen LogP contribution in [-0.4, -0.2) is 77.8 Å². The fourth-order valence-electron chi connectivity index (χ4n) is 7.65. The van der Waals surface area contributed by atoms with Crippen LogP contribution < -0.4 is 9.47 Å². The Labute approximate surface area is 405 Å². The average molecular weight is 937 g/mol. The molecule has 0 spiro atoms. The zero-order valence-corrected chi connectivity index (χ0v) is 41.2. The molecule has 0 saturated heterocycles.